The summed E-state index contributed by atoms with van der Waals surface area (Å²) in [5, 5.41) is 4.53. The summed E-state index contributed by atoms with van der Waals surface area (Å²) in [6.45, 7) is 3.94. The molecule has 4 fully saturated rings. The number of benzene rings is 4. The summed E-state index contributed by atoms with van der Waals surface area (Å²) in [6, 6.07) is 25.6. The number of carbonyl (C=O) groups is 4. The number of imide groups is 2. The number of halogens is 2. The Hall–Kier alpha value is -4.34. The van der Waals surface area contributed by atoms with Gasteiger partial charge in [-0.3, -0.25) is 19.2 Å². The molecule has 0 aliphatic carbocycles. The number of nitrogens with zero attached hydrogens (tertiary/aromatic N) is 4. The van der Waals surface area contributed by atoms with E-state index in [9.17, 15) is 19.2 Å². The standard InChI is InChI=1S/C36H28Cl2N4O4/c1-19-9-13-21(14-10-19)29-27-31(35(45)39(33(27)43)25-7-3-5-23(37)17-25)42-30(22-15-11-20(2)12-16-22)28-32(41(29)42)36(46)40(34(28)44)26-8-4-6-24(38)18-26/h3-18,27-32H,1-2H3. The van der Waals surface area contributed by atoms with Crippen LogP contribution in [0.3, 0.4) is 0 Å². The predicted molar refractivity (Wildman–Crippen MR) is 174 cm³/mol. The van der Waals surface area contributed by atoms with Crippen molar-refractivity contribution in [2.45, 2.75) is 38.0 Å². The maximum absolute atomic E-state index is 14.5. The van der Waals surface area contributed by atoms with E-state index in [0.717, 1.165) is 22.3 Å². The van der Waals surface area contributed by atoms with Crippen LogP contribution in [0.15, 0.2) is 97.1 Å². The highest BCUT2D eigenvalue weighted by molar-refractivity contribution is 6.32. The molecule has 4 amide bonds. The average Bonchev–Trinajstić information content (AvgIpc) is 3.69. The minimum absolute atomic E-state index is 0.375. The molecule has 0 bridgehead atoms. The summed E-state index contributed by atoms with van der Waals surface area (Å²) < 4.78 is 0. The Morgan fingerprint density at radius 2 is 0.848 bits per heavy atom. The summed E-state index contributed by atoms with van der Waals surface area (Å²) in [7, 11) is 0. The van der Waals surface area contributed by atoms with E-state index in [0.29, 0.717) is 21.4 Å². The third-order valence-electron chi connectivity index (χ3n) is 9.70. The van der Waals surface area contributed by atoms with Crippen LogP contribution < -0.4 is 9.80 Å². The Balaban J connectivity index is 1.33. The molecule has 230 valence electrons. The summed E-state index contributed by atoms with van der Waals surface area (Å²) in [4.78, 5) is 60.4. The van der Waals surface area contributed by atoms with Crippen LogP contribution in [0, 0.1) is 25.7 Å². The van der Waals surface area contributed by atoms with Crippen molar-refractivity contribution in [3.8, 4) is 0 Å². The number of hydrazine groups is 1. The largest absolute Gasteiger partial charge is 0.274 e. The fraction of sp³-hybridized carbons (Fsp3) is 0.222. The first-order chi connectivity index (χ1) is 22.2. The zero-order valence-corrected chi connectivity index (χ0v) is 26.4. The molecule has 6 unspecified atom stereocenters. The third kappa shape index (κ3) is 4.14. The Morgan fingerprint density at radius 3 is 1.20 bits per heavy atom. The quantitative estimate of drug-likeness (QED) is 0.250. The van der Waals surface area contributed by atoms with Crippen molar-refractivity contribution in [3.63, 3.8) is 0 Å². The predicted octanol–water partition coefficient (Wildman–Crippen LogP) is 6.06. The molecule has 0 N–H and O–H groups in total. The van der Waals surface area contributed by atoms with E-state index in [1.807, 2.05) is 72.4 Å². The van der Waals surface area contributed by atoms with Gasteiger partial charge in [-0.2, -0.15) is 0 Å². The number of hydrogen-bond acceptors (Lipinski definition) is 6. The van der Waals surface area contributed by atoms with E-state index < -0.39 is 47.8 Å². The van der Waals surface area contributed by atoms with Gasteiger partial charge >= 0.3 is 0 Å². The van der Waals surface area contributed by atoms with Gasteiger partial charge in [0.25, 0.3) is 11.8 Å². The van der Waals surface area contributed by atoms with Crippen LogP contribution >= 0.6 is 23.2 Å². The van der Waals surface area contributed by atoms with E-state index in [1.165, 1.54) is 9.80 Å². The molecule has 10 heteroatoms. The SMILES string of the molecule is Cc1ccc(C2C3C(=O)N(c4cccc(Cl)c4)C(=O)C3N3C(c4ccc(C)cc4)C4C(=O)N(c5cccc(Cl)c5)C(=O)C4N23)cc1. The van der Waals surface area contributed by atoms with E-state index >= 15 is 0 Å². The normalized spacial score (nSPS) is 27.5. The van der Waals surface area contributed by atoms with E-state index in [4.69, 9.17) is 23.2 Å². The van der Waals surface area contributed by atoms with E-state index in [1.54, 1.807) is 48.5 Å². The summed E-state index contributed by atoms with van der Waals surface area (Å²) in [5.41, 5.74) is 4.39. The number of aryl methyl sites for hydroxylation is 2. The summed E-state index contributed by atoms with van der Waals surface area (Å²) >= 11 is 12.6. The van der Waals surface area contributed by atoms with Gasteiger partial charge in [-0.05, 0) is 61.4 Å². The van der Waals surface area contributed by atoms with Crippen LogP contribution in [0.4, 0.5) is 11.4 Å². The molecule has 8 rings (SSSR count). The molecule has 0 aromatic heterocycles. The number of hydrogen-bond donors (Lipinski definition) is 0. The Kier molecular flexibility index (Phi) is 6.71. The van der Waals surface area contributed by atoms with E-state index in [-0.39, 0.29) is 11.8 Å². The summed E-state index contributed by atoms with van der Waals surface area (Å²) in [5.74, 6) is -3.27. The van der Waals surface area contributed by atoms with E-state index in [2.05, 4.69) is 0 Å². The number of anilines is 2. The zero-order valence-electron chi connectivity index (χ0n) is 24.9. The van der Waals surface area contributed by atoms with Crippen LogP contribution in [-0.2, 0) is 19.2 Å². The minimum atomic E-state index is -0.949. The van der Waals surface area contributed by atoms with Crippen LogP contribution in [0.25, 0.3) is 0 Å². The van der Waals surface area contributed by atoms with Crippen molar-refractivity contribution >= 4 is 58.2 Å². The van der Waals surface area contributed by atoms with Crippen molar-refractivity contribution < 1.29 is 19.2 Å². The molecular formula is C36H28Cl2N4O4. The van der Waals surface area contributed by atoms with Gasteiger partial charge in [0.05, 0.1) is 35.3 Å². The van der Waals surface area contributed by atoms with Gasteiger partial charge in [0.2, 0.25) is 11.8 Å². The Morgan fingerprint density at radius 1 is 0.478 bits per heavy atom. The first-order valence-corrected chi connectivity index (χ1v) is 15.9. The Bertz CT molecular complexity index is 1810. The minimum Gasteiger partial charge on any atom is -0.274 e. The molecule has 0 radical (unpaired) electrons. The second kappa shape index (κ2) is 10.6. The lowest BCUT2D eigenvalue weighted by molar-refractivity contribution is -0.136. The molecule has 4 aromatic carbocycles. The van der Waals surface area contributed by atoms with Gasteiger partial charge in [-0.25, -0.2) is 19.8 Å². The number of rotatable bonds is 4. The molecular weight excluding hydrogens is 623 g/mol. The van der Waals surface area contributed by atoms with Crippen molar-refractivity contribution in [3.05, 3.63) is 129 Å². The first kappa shape index (κ1) is 29.1. The first-order valence-electron chi connectivity index (χ1n) is 15.1. The molecule has 0 saturated carbocycles. The Labute approximate surface area is 275 Å². The van der Waals surface area contributed by atoms with Gasteiger partial charge in [0.15, 0.2) is 0 Å². The van der Waals surface area contributed by atoms with Crippen molar-refractivity contribution in [1.82, 2.24) is 10.0 Å². The smallest absolute Gasteiger partial charge is 0.253 e. The molecule has 0 spiro atoms. The third-order valence-corrected chi connectivity index (χ3v) is 10.2. The lowest BCUT2D eigenvalue weighted by Gasteiger charge is -2.35. The van der Waals surface area contributed by atoms with Crippen molar-refractivity contribution in [1.29, 1.82) is 0 Å². The molecule has 4 heterocycles. The zero-order chi connectivity index (χ0) is 32.0. The highest BCUT2D eigenvalue weighted by Gasteiger charge is 2.73. The second-order valence-electron chi connectivity index (χ2n) is 12.4. The topological polar surface area (TPSA) is 81.2 Å². The molecule has 6 atom stereocenters. The van der Waals surface area contributed by atoms with Gasteiger partial charge in [-0.1, -0.05) is 95.0 Å². The fourth-order valence-electron chi connectivity index (χ4n) is 7.76. The monoisotopic (exact) mass is 650 g/mol. The highest BCUT2D eigenvalue weighted by Crippen LogP contribution is 2.59. The lowest BCUT2D eigenvalue weighted by atomic mass is 9.84. The molecule has 4 aliphatic rings. The van der Waals surface area contributed by atoms with Crippen molar-refractivity contribution in [2.24, 2.45) is 11.8 Å². The van der Waals surface area contributed by atoms with Crippen molar-refractivity contribution in [2.75, 3.05) is 9.80 Å². The number of fused-ring (bicyclic) bond motifs is 5. The highest BCUT2D eigenvalue weighted by atomic mass is 35.5. The molecule has 4 aliphatic heterocycles. The second-order valence-corrected chi connectivity index (χ2v) is 13.3. The van der Waals surface area contributed by atoms with Crippen LogP contribution in [0.2, 0.25) is 10.0 Å². The number of carbonyl (C=O) groups excluding carboxylic acids is 4. The molecule has 4 aromatic rings. The van der Waals surface area contributed by atoms with Crippen LogP contribution in [0.1, 0.15) is 34.3 Å². The van der Waals surface area contributed by atoms with Gasteiger partial charge in [0.1, 0.15) is 12.1 Å². The lowest BCUT2D eigenvalue weighted by Crippen LogP contribution is -2.50. The number of amides is 4. The van der Waals surface area contributed by atoms with Gasteiger partial charge < -0.3 is 0 Å². The molecule has 8 nitrogen and oxygen atoms in total. The molecule has 4 saturated heterocycles. The maximum atomic E-state index is 14.5. The maximum Gasteiger partial charge on any atom is 0.253 e. The van der Waals surface area contributed by atoms with Crippen LogP contribution in [0.5, 0.6) is 0 Å². The van der Waals surface area contributed by atoms with Crippen LogP contribution in [-0.4, -0.2) is 45.7 Å². The van der Waals surface area contributed by atoms with Gasteiger partial charge in [-0.15, -0.1) is 0 Å². The average molecular weight is 652 g/mol. The molecule has 46 heavy (non-hydrogen) atoms. The summed E-state index contributed by atoms with van der Waals surface area (Å²) in [6.07, 6.45) is 0. The van der Waals surface area contributed by atoms with Gasteiger partial charge in [0, 0.05) is 10.0 Å². The fourth-order valence-corrected chi connectivity index (χ4v) is 8.13.